The number of carboxylic acid groups (broad SMARTS) is 1. The van der Waals surface area contributed by atoms with Gasteiger partial charge in [-0.25, -0.2) is 9.18 Å². The first-order chi connectivity index (χ1) is 10.4. The lowest BCUT2D eigenvalue weighted by atomic mass is 10.0. The van der Waals surface area contributed by atoms with Crippen LogP contribution in [0.3, 0.4) is 0 Å². The molecule has 22 heavy (non-hydrogen) atoms. The Morgan fingerprint density at radius 3 is 2.59 bits per heavy atom. The van der Waals surface area contributed by atoms with Crippen molar-refractivity contribution < 1.29 is 28.6 Å². The monoisotopic (exact) mass is 309 g/mol. The number of hydrogen-bond acceptors (Lipinski definition) is 4. The number of amides is 1. The van der Waals surface area contributed by atoms with Crippen LogP contribution >= 0.6 is 0 Å². The van der Waals surface area contributed by atoms with Crippen LogP contribution in [0.1, 0.15) is 12.0 Å². The maximum Gasteiger partial charge on any atom is 0.326 e. The first kappa shape index (κ1) is 15.9. The van der Waals surface area contributed by atoms with Crippen molar-refractivity contribution in [1.29, 1.82) is 0 Å². The molecule has 2 atom stereocenters. The van der Waals surface area contributed by atoms with Gasteiger partial charge in [0, 0.05) is 19.4 Å². The van der Waals surface area contributed by atoms with Gasteiger partial charge in [-0.05, 0) is 17.7 Å². The van der Waals surface area contributed by atoms with Crippen molar-refractivity contribution in [3.8, 4) is 0 Å². The Kier molecular flexibility index (Phi) is 4.75. The van der Waals surface area contributed by atoms with Gasteiger partial charge in [0.15, 0.2) is 0 Å². The van der Waals surface area contributed by atoms with E-state index in [4.69, 9.17) is 0 Å². The minimum Gasteiger partial charge on any atom is -0.480 e. The van der Waals surface area contributed by atoms with E-state index < -0.39 is 35.6 Å². The van der Waals surface area contributed by atoms with E-state index in [-0.39, 0.29) is 19.4 Å². The summed E-state index contributed by atoms with van der Waals surface area (Å²) >= 11 is 0. The number of halogens is 1. The second kappa shape index (κ2) is 6.55. The van der Waals surface area contributed by atoms with Crippen molar-refractivity contribution in [2.24, 2.45) is 5.92 Å². The molecule has 1 aliphatic heterocycles. The molecule has 1 aromatic carbocycles. The fourth-order valence-corrected chi connectivity index (χ4v) is 2.53. The molecule has 1 amide bonds. The molecule has 1 unspecified atom stereocenters. The minimum atomic E-state index is -1.16. The summed E-state index contributed by atoms with van der Waals surface area (Å²) in [6.07, 6.45) is -0.00484. The van der Waals surface area contributed by atoms with E-state index in [1.807, 2.05) is 0 Å². The second-order valence-corrected chi connectivity index (χ2v) is 5.15. The summed E-state index contributed by atoms with van der Waals surface area (Å²) in [5.41, 5.74) is 0.600. The molecule has 0 saturated carbocycles. The quantitative estimate of drug-likeness (QED) is 0.815. The fourth-order valence-electron chi connectivity index (χ4n) is 2.53. The minimum absolute atomic E-state index is 0.0175. The molecule has 1 aliphatic rings. The third-order valence-corrected chi connectivity index (χ3v) is 3.70. The van der Waals surface area contributed by atoms with Gasteiger partial charge >= 0.3 is 11.9 Å². The number of nitrogens with zero attached hydrogens (tertiary/aromatic N) is 1. The van der Waals surface area contributed by atoms with E-state index >= 15 is 0 Å². The van der Waals surface area contributed by atoms with Crippen molar-refractivity contribution in [2.45, 2.75) is 18.9 Å². The number of ether oxygens (including phenoxy) is 1. The number of carboxylic acids is 1. The number of rotatable bonds is 5. The molecular weight excluding hydrogens is 293 g/mol. The lowest BCUT2D eigenvalue weighted by Gasteiger charge is -2.24. The Morgan fingerprint density at radius 1 is 1.41 bits per heavy atom. The third-order valence-electron chi connectivity index (χ3n) is 3.70. The summed E-state index contributed by atoms with van der Waals surface area (Å²) in [6, 6.07) is 4.33. The number of aliphatic carboxylic acids is 1. The highest BCUT2D eigenvalue weighted by Gasteiger charge is 2.41. The Hall–Kier alpha value is -2.44. The smallest absolute Gasteiger partial charge is 0.326 e. The van der Waals surface area contributed by atoms with Crippen molar-refractivity contribution >= 4 is 17.8 Å². The van der Waals surface area contributed by atoms with Crippen LogP contribution in [0, 0.1) is 11.7 Å². The molecule has 1 saturated heterocycles. The van der Waals surface area contributed by atoms with Crippen LogP contribution in [-0.4, -0.2) is 47.5 Å². The zero-order valence-corrected chi connectivity index (χ0v) is 12.0. The van der Waals surface area contributed by atoms with Crippen LogP contribution in [-0.2, 0) is 25.5 Å². The number of methoxy groups -OCH3 is 1. The van der Waals surface area contributed by atoms with Crippen LogP contribution in [0.4, 0.5) is 4.39 Å². The maximum atomic E-state index is 12.9. The molecule has 0 aromatic heterocycles. The highest BCUT2D eigenvalue weighted by Crippen LogP contribution is 2.23. The Morgan fingerprint density at radius 2 is 2.05 bits per heavy atom. The molecule has 118 valence electrons. The summed E-state index contributed by atoms with van der Waals surface area (Å²) in [5.74, 6) is -3.15. The molecule has 0 aliphatic carbocycles. The lowest BCUT2D eigenvalue weighted by Crippen LogP contribution is -2.44. The van der Waals surface area contributed by atoms with Gasteiger partial charge < -0.3 is 14.7 Å². The van der Waals surface area contributed by atoms with E-state index in [1.54, 1.807) is 0 Å². The number of carbonyl (C=O) groups is 3. The summed E-state index contributed by atoms with van der Waals surface area (Å²) in [5, 5.41) is 9.37. The topological polar surface area (TPSA) is 83.9 Å². The van der Waals surface area contributed by atoms with E-state index in [2.05, 4.69) is 4.74 Å². The highest BCUT2D eigenvalue weighted by molar-refractivity contribution is 5.90. The zero-order valence-electron chi connectivity index (χ0n) is 12.0. The van der Waals surface area contributed by atoms with Gasteiger partial charge in [0.2, 0.25) is 5.91 Å². The van der Waals surface area contributed by atoms with E-state index in [0.717, 1.165) is 0 Å². The van der Waals surface area contributed by atoms with Gasteiger partial charge in [-0.2, -0.15) is 0 Å². The van der Waals surface area contributed by atoms with E-state index in [9.17, 15) is 23.9 Å². The standard InChI is InChI=1S/C15H16FNO5/c1-22-15(21)10-7-13(18)17(8-10)12(14(19)20)6-9-2-4-11(16)5-3-9/h2-5,10,12H,6-8H2,1H3,(H,19,20)/t10?,12-/m0/s1. The molecular formula is C15H16FNO5. The molecule has 1 N–H and O–H groups in total. The van der Waals surface area contributed by atoms with Crippen molar-refractivity contribution in [2.75, 3.05) is 13.7 Å². The fraction of sp³-hybridized carbons (Fsp3) is 0.400. The molecule has 1 aromatic rings. The first-order valence-corrected chi connectivity index (χ1v) is 6.77. The van der Waals surface area contributed by atoms with Crippen LogP contribution in [0.2, 0.25) is 0 Å². The molecule has 0 bridgehead atoms. The van der Waals surface area contributed by atoms with Crippen LogP contribution < -0.4 is 0 Å². The van der Waals surface area contributed by atoms with Crippen molar-refractivity contribution in [3.05, 3.63) is 35.6 Å². The van der Waals surface area contributed by atoms with Gasteiger partial charge in [-0.3, -0.25) is 9.59 Å². The summed E-state index contributed by atoms with van der Waals surface area (Å²) in [4.78, 5) is 36.1. The Balaban J connectivity index is 2.14. The van der Waals surface area contributed by atoms with Gasteiger partial charge in [0.05, 0.1) is 13.0 Å². The summed E-state index contributed by atoms with van der Waals surface area (Å²) < 4.78 is 17.5. The molecule has 6 nitrogen and oxygen atoms in total. The second-order valence-electron chi connectivity index (χ2n) is 5.15. The maximum absolute atomic E-state index is 12.9. The normalized spacial score (nSPS) is 19.1. The van der Waals surface area contributed by atoms with Crippen molar-refractivity contribution in [1.82, 2.24) is 4.90 Å². The van der Waals surface area contributed by atoms with Crippen LogP contribution in [0.5, 0.6) is 0 Å². The number of benzene rings is 1. The zero-order chi connectivity index (χ0) is 16.3. The Labute approximate surface area is 126 Å². The largest absolute Gasteiger partial charge is 0.480 e. The van der Waals surface area contributed by atoms with Crippen LogP contribution in [0.25, 0.3) is 0 Å². The van der Waals surface area contributed by atoms with Gasteiger partial charge in [-0.1, -0.05) is 12.1 Å². The average Bonchev–Trinajstić information content (AvgIpc) is 2.87. The molecule has 2 rings (SSSR count). The number of esters is 1. The van der Waals surface area contributed by atoms with Gasteiger partial charge in [0.1, 0.15) is 11.9 Å². The number of hydrogen-bond donors (Lipinski definition) is 1. The summed E-state index contributed by atoms with van der Waals surface area (Å²) in [7, 11) is 1.22. The molecule has 1 fully saturated rings. The van der Waals surface area contributed by atoms with E-state index in [0.29, 0.717) is 5.56 Å². The Bertz CT molecular complexity index is 586. The predicted molar refractivity (Wildman–Crippen MR) is 73.4 cm³/mol. The van der Waals surface area contributed by atoms with Gasteiger partial charge in [0.25, 0.3) is 0 Å². The summed E-state index contributed by atoms with van der Waals surface area (Å²) in [6.45, 7) is 0.0175. The molecule has 7 heteroatoms. The molecule has 0 radical (unpaired) electrons. The first-order valence-electron chi connectivity index (χ1n) is 6.77. The third kappa shape index (κ3) is 3.41. The SMILES string of the molecule is COC(=O)C1CC(=O)N([C@@H](Cc2ccc(F)cc2)C(=O)O)C1. The number of likely N-dealkylation sites (tertiary alicyclic amines) is 1. The van der Waals surface area contributed by atoms with Gasteiger partial charge in [-0.15, -0.1) is 0 Å². The van der Waals surface area contributed by atoms with Crippen LogP contribution in [0.15, 0.2) is 24.3 Å². The average molecular weight is 309 g/mol. The lowest BCUT2D eigenvalue weighted by molar-refractivity contribution is -0.148. The molecule has 0 spiro atoms. The van der Waals surface area contributed by atoms with E-state index in [1.165, 1.54) is 36.3 Å². The van der Waals surface area contributed by atoms with Crippen molar-refractivity contribution in [3.63, 3.8) is 0 Å². The molecule has 1 heterocycles. The highest BCUT2D eigenvalue weighted by atomic mass is 19.1. The number of carbonyl (C=O) groups excluding carboxylic acids is 2. The predicted octanol–water partition coefficient (Wildman–Crippen LogP) is 0.843.